The van der Waals surface area contributed by atoms with Crippen LogP contribution < -0.4 is 10.2 Å². The largest absolute Gasteiger partial charge is 0.340 e. The molecule has 0 spiro atoms. The first kappa shape index (κ1) is 16.8. The van der Waals surface area contributed by atoms with Gasteiger partial charge in [-0.25, -0.2) is 9.97 Å². The van der Waals surface area contributed by atoms with Gasteiger partial charge in [-0.2, -0.15) is 0 Å². The summed E-state index contributed by atoms with van der Waals surface area (Å²) in [7, 11) is 0. The normalized spacial score (nSPS) is 18.0. The van der Waals surface area contributed by atoms with Gasteiger partial charge >= 0.3 is 0 Å². The van der Waals surface area contributed by atoms with Gasteiger partial charge in [0.05, 0.1) is 5.92 Å². The molecule has 3 rings (SSSR count). The number of rotatable bonds is 5. The van der Waals surface area contributed by atoms with E-state index in [0.29, 0.717) is 23.5 Å². The lowest BCUT2D eigenvalue weighted by Crippen LogP contribution is -2.41. The van der Waals surface area contributed by atoms with E-state index in [4.69, 9.17) is 0 Å². The van der Waals surface area contributed by atoms with Gasteiger partial charge in [0, 0.05) is 31.9 Å². The maximum atomic E-state index is 12.5. The number of carbonyl (C=O) groups excluding carboxylic acids is 1. The molecule has 1 unspecified atom stereocenters. The SMILES string of the molecule is CC(C)Cc1nnc(NC(=O)C2CCCN(c3ncccn3)C2)s1. The number of hydrogen-bond donors (Lipinski definition) is 1. The van der Waals surface area contributed by atoms with Crippen LogP contribution in [0.4, 0.5) is 11.1 Å². The highest BCUT2D eigenvalue weighted by Crippen LogP contribution is 2.23. The molecule has 1 N–H and O–H groups in total. The van der Waals surface area contributed by atoms with E-state index < -0.39 is 0 Å². The maximum Gasteiger partial charge on any atom is 0.231 e. The van der Waals surface area contributed by atoms with E-state index in [2.05, 4.69) is 44.2 Å². The fourth-order valence-corrected chi connectivity index (χ4v) is 3.73. The molecule has 7 nitrogen and oxygen atoms in total. The Bertz CT molecular complexity index is 674. The van der Waals surface area contributed by atoms with E-state index in [1.54, 1.807) is 18.5 Å². The molecule has 2 aromatic rings. The highest BCUT2D eigenvalue weighted by molar-refractivity contribution is 7.15. The van der Waals surface area contributed by atoms with E-state index in [-0.39, 0.29) is 11.8 Å². The van der Waals surface area contributed by atoms with E-state index in [1.165, 1.54) is 11.3 Å². The minimum atomic E-state index is -0.0833. The lowest BCUT2D eigenvalue weighted by molar-refractivity contribution is -0.120. The van der Waals surface area contributed by atoms with Gasteiger partial charge in [0.2, 0.25) is 17.0 Å². The zero-order valence-electron chi connectivity index (χ0n) is 14.0. The summed E-state index contributed by atoms with van der Waals surface area (Å²) in [5.41, 5.74) is 0. The molecule has 3 heterocycles. The number of carbonyl (C=O) groups is 1. The second-order valence-electron chi connectivity index (χ2n) is 6.42. The van der Waals surface area contributed by atoms with Gasteiger partial charge in [-0.1, -0.05) is 25.2 Å². The number of anilines is 2. The topological polar surface area (TPSA) is 83.9 Å². The van der Waals surface area contributed by atoms with Crippen molar-refractivity contribution in [2.45, 2.75) is 33.1 Å². The predicted molar refractivity (Wildman–Crippen MR) is 94.0 cm³/mol. The zero-order valence-corrected chi connectivity index (χ0v) is 14.8. The van der Waals surface area contributed by atoms with Crippen molar-refractivity contribution in [3.8, 4) is 0 Å². The number of hydrogen-bond acceptors (Lipinski definition) is 7. The fourth-order valence-electron chi connectivity index (χ4n) is 2.77. The average molecular weight is 346 g/mol. The monoisotopic (exact) mass is 346 g/mol. The Balaban J connectivity index is 1.59. The minimum Gasteiger partial charge on any atom is -0.340 e. The van der Waals surface area contributed by atoms with Crippen LogP contribution in [-0.2, 0) is 11.2 Å². The maximum absolute atomic E-state index is 12.5. The molecule has 1 amide bonds. The number of nitrogens with one attached hydrogen (secondary N) is 1. The third kappa shape index (κ3) is 4.25. The summed E-state index contributed by atoms with van der Waals surface area (Å²) in [6.45, 7) is 5.79. The Kier molecular flexibility index (Phi) is 5.34. The van der Waals surface area contributed by atoms with Crippen molar-refractivity contribution in [1.29, 1.82) is 0 Å². The summed E-state index contributed by atoms with van der Waals surface area (Å²) < 4.78 is 0. The van der Waals surface area contributed by atoms with Crippen LogP contribution in [0.15, 0.2) is 18.5 Å². The van der Waals surface area contributed by atoms with Crippen molar-refractivity contribution < 1.29 is 4.79 Å². The third-order valence-corrected chi connectivity index (χ3v) is 4.77. The van der Waals surface area contributed by atoms with E-state index >= 15 is 0 Å². The lowest BCUT2D eigenvalue weighted by Gasteiger charge is -2.31. The molecule has 1 aliphatic heterocycles. The van der Waals surface area contributed by atoms with Gasteiger partial charge < -0.3 is 10.2 Å². The molecule has 8 heteroatoms. The lowest BCUT2D eigenvalue weighted by atomic mass is 9.97. The van der Waals surface area contributed by atoms with Gasteiger partial charge in [0.1, 0.15) is 5.01 Å². The molecule has 2 aromatic heterocycles. The second-order valence-corrected chi connectivity index (χ2v) is 7.48. The molecule has 1 aliphatic rings. The zero-order chi connectivity index (χ0) is 16.9. The van der Waals surface area contributed by atoms with Gasteiger partial charge in [-0.3, -0.25) is 4.79 Å². The molecule has 0 aromatic carbocycles. The molecule has 128 valence electrons. The second kappa shape index (κ2) is 7.65. The van der Waals surface area contributed by atoms with E-state index in [9.17, 15) is 4.79 Å². The average Bonchev–Trinajstić information content (AvgIpc) is 3.02. The number of amides is 1. The van der Waals surface area contributed by atoms with Crippen molar-refractivity contribution in [1.82, 2.24) is 20.2 Å². The molecule has 0 radical (unpaired) electrons. The van der Waals surface area contributed by atoms with E-state index in [1.807, 2.05) is 0 Å². The summed E-state index contributed by atoms with van der Waals surface area (Å²) >= 11 is 1.46. The first-order valence-electron chi connectivity index (χ1n) is 8.27. The molecule has 1 atom stereocenters. The van der Waals surface area contributed by atoms with Gasteiger partial charge in [0.25, 0.3) is 0 Å². The van der Waals surface area contributed by atoms with Crippen LogP contribution in [0.25, 0.3) is 0 Å². The molecule has 24 heavy (non-hydrogen) atoms. The standard InChI is InChI=1S/C16H22N6OS/c1-11(2)9-13-20-21-16(24-13)19-14(23)12-5-3-8-22(10-12)15-17-6-4-7-18-15/h4,6-7,11-12H,3,5,8-10H2,1-2H3,(H,19,21,23). The highest BCUT2D eigenvalue weighted by atomic mass is 32.1. The molecule has 1 fully saturated rings. The van der Waals surface area contributed by atoms with Crippen molar-refractivity contribution in [2.24, 2.45) is 11.8 Å². The number of piperidine rings is 1. The first-order valence-corrected chi connectivity index (χ1v) is 9.08. The Morgan fingerprint density at radius 2 is 2.17 bits per heavy atom. The van der Waals surface area contributed by atoms with Crippen LogP contribution >= 0.6 is 11.3 Å². The number of nitrogens with zero attached hydrogens (tertiary/aromatic N) is 5. The Hall–Kier alpha value is -2.09. The van der Waals surface area contributed by atoms with Crippen LogP contribution in [0.1, 0.15) is 31.7 Å². The van der Waals surface area contributed by atoms with E-state index in [0.717, 1.165) is 30.8 Å². The Morgan fingerprint density at radius 3 is 2.92 bits per heavy atom. The van der Waals surface area contributed by atoms with Crippen LogP contribution in [0.2, 0.25) is 0 Å². The van der Waals surface area contributed by atoms with Crippen molar-refractivity contribution in [3.05, 3.63) is 23.5 Å². The van der Waals surface area contributed by atoms with Crippen LogP contribution in [0.5, 0.6) is 0 Å². The van der Waals surface area contributed by atoms with Crippen LogP contribution in [0.3, 0.4) is 0 Å². The number of aromatic nitrogens is 4. The highest BCUT2D eigenvalue weighted by Gasteiger charge is 2.27. The smallest absolute Gasteiger partial charge is 0.231 e. The van der Waals surface area contributed by atoms with Gasteiger partial charge in [0.15, 0.2) is 0 Å². The quantitative estimate of drug-likeness (QED) is 0.895. The molecule has 0 bridgehead atoms. The van der Waals surface area contributed by atoms with Gasteiger partial charge in [-0.15, -0.1) is 10.2 Å². The van der Waals surface area contributed by atoms with Gasteiger partial charge in [-0.05, 0) is 24.8 Å². The Labute approximate surface area is 145 Å². The van der Waals surface area contributed by atoms with Crippen LogP contribution in [-0.4, -0.2) is 39.2 Å². The summed E-state index contributed by atoms with van der Waals surface area (Å²) in [6.07, 6.45) is 6.15. The summed E-state index contributed by atoms with van der Waals surface area (Å²) in [5.74, 6) is 1.13. The van der Waals surface area contributed by atoms with Crippen molar-refractivity contribution in [2.75, 3.05) is 23.3 Å². The summed E-state index contributed by atoms with van der Waals surface area (Å²) in [6, 6.07) is 1.79. The van der Waals surface area contributed by atoms with Crippen molar-refractivity contribution in [3.63, 3.8) is 0 Å². The molecule has 0 aliphatic carbocycles. The summed E-state index contributed by atoms with van der Waals surface area (Å²) in [5, 5.41) is 12.7. The molecular weight excluding hydrogens is 324 g/mol. The molecule has 1 saturated heterocycles. The first-order chi connectivity index (χ1) is 11.6. The predicted octanol–water partition coefficient (Wildman–Crippen LogP) is 2.38. The molecule has 0 saturated carbocycles. The van der Waals surface area contributed by atoms with Crippen molar-refractivity contribution >= 4 is 28.3 Å². The summed E-state index contributed by atoms with van der Waals surface area (Å²) in [4.78, 5) is 23.2. The minimum absolute atomic E-state index is 0.00266. The Morgan fingerprint density at radius 1 is 1.38 bits per heavy atom. The van der Waals surface area contributed by atoms with Crippen LogP contribution in [0, 0.1) is 11.8 Å². The fraction of sp³-hybridized carbons (Fsp3) is 0.562. The molecular formula is C16H22N6OS. The third-order valence-electron chi connectivity index (χ3n) is 3.91.